The highest BCUT2D eigenvalue weighted by molar-refractivity contribution is 6.02. The van der Waals surface area contributed by atoms with Crippen molar-refractivity contribution in [1.82, 2.24) is 15.1 Å². The Balaban J connectivity index is 2.75. The van der Waals surface area contributed by atoms with Crippen molar-refractivity contribution in [3.63, 3.8) is 0 Å². The van der Waals surface area contributed by atoms with Crippen LogP contribution < -0.4 is 11.1 Å². The summed E-state index contributed by atoms with van der Waals surface area (Å²) in [5, 5.41) is 18.8. The number of oxime groups is 1. The van der Waals surface area contributed by atoms with Crippen LogP contribution in [0.4, 0.5) is 0 Å². The molecule has 0 saturated heterocycles. The molecule has 0 aliphatic carbocycles. The van der Waals surface area contributed by atoms with Crippen LogP contribution in [0.2, 0.25) is 0 Å². The Morgan fingerprint density at radius 1 is 1.60 bits per heavy atom. The van der Waals surface area contributed by atoms with Crippen LogP contribution in [0.25, 0.3) is 0 Å². The number of carbonyl (C=O) groups is 1. The molecule has 0 radical (unpaired) electrons. The molecule has 1 amide bonds. The summed E-state index contributed by atoms with van der Waals surface area (Å²) in [6.45, 7) is 6.10. The molecule has 0 fully saturated rings. The van der Waals surface area contributed by atoms with Gasteiger partial charge in [-0.3, -0.25) is 9.48 Å². The van der Waals surface area contributed by atoms with Crippen molar-refractivity contribution in [2.75, 3.05) is 0 Å². The van der Waals surface area contributed by atoms with E-state index < -0.39 is 5.92 Å². The van der Waals surface area contributed by atoms with Crippen molar-refractivity contribution in [3.05, 3.63) is 17.5 Å². The summed E-state index contributed by atoms with van der Waals surface area (Å²) in [6.07, 6.45) is 2.69. The van der Waals surface area contributed by atoms with Gasteiger partial charge in [0.05, 0.1) is 5.69 Å². The first-order valence-corrected chi connectivity index (χ1v) is 6.67. The van der Waals surface area contributed by atoms with E-state index in [0.717, 1.165) is 17.7 Å². The van der Waals surface area contributed by atoms with Crippen molar-refractivity contribution >= 4 is 11.7 Å². The lowest BCUT2D eigenvalue weighted by atomic mass is 9.94. The van der Waals surface area contributed by atoms with Gasteiger partial charge in [0.15, 0.2) is 5.84 Å². The summed E-state index contributed by atoms with van der Waals surface area (Å²) in [5.74, 6) is -1.01. The Kier molecular flexibility index (Phi) is 5.54. The molecule has 7 heteroatoms. The van der Waals surface area contributed by atoms with Gasteiger partial charge in [0.2, 0.25) is 5.91 Å². The van der Waals surface area contributed by atoms with E-state index in [1.165, 1.54) is 0 Å². The molecular weight excluding hydrogens is 258 g/mol. The minimum atomic E-state index is -0.637. The van der Waals surface area contributed by atoms with Crippen molar-refractivity contribution in [2.45, 2.75) is 33.7 Å². The van der Waals surface area contributed by atoms with Gasteiger partial charge in [-0.15, -0.1) is 0 Å². The van der Waals surface area contributed by atoms with Crippen LogP contribution in [0, 0.1) is 11.8 Å². The van der Waals surface area contributed by atoms with E-state index in [0.29, 0.717) is 6.54 Å². The number of nitrogens with two attached hydrogens (primary N) is 1. The van der Waals surface area contributed by atoms with Crippen LogP contribution >= 0.6 is 0 Å². The Labute approximate surface area is 118 Å². The molecule has 0 aliphatic rings. The fraction of sp³-hybridized carbons (Fsp3) is 0.615. The molecule has 7 nitrogen and oxygen atoms in total. The van der Waals surface area contributed by atoms with Crippen LogP contribution in [-0.4, -0.2) is 26.7 Å². The number of amides is 1. The molecule has 1 rings (SSSR count). The van der Waals surface area contributed by atoms with Gasteiger partial charge in [-0.05, 0) is 12.3 Å². The summed E-state index contributed by atoms with van der Waals surface area (Å²) >= 11 is 0. The Bertz CT molecular complexity index is 493. The third kappa shape index (κ3) is 3.72. The quantitative estimate of drug-likeness (QED) is 0.307. The van der Waals surface area contributed by atoms with Crippen LogP contribution in [0.1, 0.15) is 32.0 Å². The maximum absolute atomic E-state index is 12.2. The van der Waals surface area contributed by atoms with Crippen LogP contribution in [0.15, 0.2) is 11.4 Å². The average Bonchev–Trinajstić information content (AvgIpc) is 2.76. The Hall–Kier alpha value is -2.05. The lowest BCUT2D eigenvalue weighted by molar-refractivity contribution is -0.124. The number of hydrogen-bond acceptors (Lipinski definition) is 4. The van der Waals surface area contributed by atoms with Crippen molar-refractivity contribution in [3.8, 4) is 0 Å². The molecule has 1 unspecified atom stereocenters. The van der Waals surface area contributed by atoms with Gasteiger partial charge in [0, 0.05) is 25.4 Å². The SMILES string of the molecule is CCc1nn(C)cc1CNC(=O)C(/C(N)=N/O)C(C)C. The number of nitrogens with one attached hydrogen (secondary N) is 1. The van der Waals surface area contributed by atoms with E-state index in [1.54, 1.807) is 4.68 Å². The molecule has 0 aromatic carbocycles. The monoisotopic (exact) mass is 281 g/mol. The number of rotatable bonds is 6. The molecular formula is C13H23N5O2. The summed E-state index contributed by atoms with van der Waals surface area (Å²) < 4.78 is 1.73. The van der Waals surface area contributed by atoms with Crippen molar-refractivity contribution < 1.29 is 10.0 Å². The number of hydrogen-bond donors (Lipinski definition) is 3. The third-order valence-electron chi connectivity index (χ3n) is 3.16. The zero-order valence-electron chi connectivity index (χ0n) is 12.4. The fourth-order valence-corrected chi connectivity index (χ4v) is 2.16. The second-order valence-corrected chi connectivity index (χ2v) is 5.09. The van der Waals surface area contributed by atoms with Crippen LogP contribution in [0.5, 0.6) is 0 Å². The second-order valence-electron chi connectivity index (χ2n) is 5.09. The molecule has 112 valence electrons. The molecule has 1 aromatic rings. The smallest absolute Gasteiger partial charge is 0.231 e. The first-order valence-electron chi connectivity index (χ1n) is 6.67. The third-order valence-corrected chi connectivity index (χ3v) is 3.16. The maximum Gasteiger partial charge on any atom is 0.231 e. The molecule has 4 N–H and O–H groups in total. The van der Waals surface area contributed by atoms with E-state index in [4.69, 9.17) is 10.9 Å². The number of carbonyl (C=O) groups excluding carboxylic acids is 1. The predicted octanol–water partition coefficient (Wildman–Crippen LogP) is 0.617. The topological polar surface area (TPSA) is 106 Å². The second kappa shape index (κ2) is 6.93. The molecule has 0 aliphatic heterocycles. The van der Waals surface area contributed by atoms with Gasteiger partial charge in [-0.25, -0.2) is 0 Å². The first kappa shape index (κ1) is 16.0. The van der Waals surface area contributed by atoms with E-state index in [-0.39, 0.29) is 17.7 Å². The Morgan fingerprint density at radius 3 is 2.75 bits per heavy atom. The molecule has 0 saturated carbocycles. The highest BCUT2D eigenvalue weighted by atomic mass is 16.4. The van der Waals surface area contributed by atoms with Gasteiger partial charge < -0.3 is 16.3 Å². The normalized spacial score (nSPS) is 13.6. The minimum Gasteiger partial charge on any atom is -0.409 e. The number of amidine groups is 1. The largest absolute Gasteiger partial charge is 0.409 e. The van der Waals surface area contributed by atoms with Gasteiger partial charge in [0.1, 0.15) is 5.92 Å². The molecule has 20 heavy (non-hydrogen) atoms. The summed E-state index contributed by atoms with van der Waals surface area (Å²) in [4.78, 5) is 12.2. The van der Waals surface area contributed by atoms with E-state index in [9.17, 15) is 4.79 Å². The summed E-state index contributed by atoms with van der Waals surface area (Å²) in [5.41, 5.74) is 7.50. The zero-order chi connectivity index (χ0) is 15.3. The average molecular weight is 281 g/mol. The number of nitrogens with zero attached hydrogens (tertiary/aromatic N) is 3. The molecule has 0 bridgehead atoms. The lowest BCUT2D eigenvalue weighted by Crippen LogP contribution is -2.41. The standard InChI is InChI=1S/C13H23N5O2/c1-5-10-9(7-18(4)16-10)6-15-13(19)11(8(2)3)12(14)17-20/h7-8,11,20H,5-6H2,1-4H3,(H2,14,17)(H,15,19). The van der Waals surface area contributed by atoms with Gasteiger partial charge in [-0.1, -0.05) is 25.9 Å². The molecule has 1 aromatic heterocycles. The summed E-state index contributed by atoms with van der Waals surface area (Å²) in [6, 6.07) is 0. The molecule has 1 heterocycles. The van der Waals surface area contributed by atoms with Gasteiger partial charge in [-0.2, -0.15) is 5.10 Å². The lowest BCUT2D eigenvalue weighted by Gasteiger charge is -2.18. The summed E-state index contributed by atoms with van der Waals surface area (Å²) in [7, 11) is 1.85. The zero-order valence-corrected chi connectivity index (χ0v) is 12.4. The predicted molar refractivity (Wildman–Crippen MR) is 76.2 cm³/mol. The van der Waals surface area contributed by atoms with Gasteiger partial charge in [0.25, 0.3) is 0 Å². The Morgan fingerprint density at radius 2 is 2.25 bits per heavy atom. The van der Waals surface area contributed by atoms with Crippen LogP contribution in [-0.2, 0) is 24.8 Å². The minimum absolute atomic E-state index is 0.0505. The molecule has 0 spiro atoms. The van der Waals surface area contributed by atoms with E-state index in [1.807, 2.05) is 34.0 Å². The van der Waals surface area contributed by atoms with Gasteiger partial charge >= 0.3 is 0 Å². The first-order chi connectivity index (χ1) is 9.40. The highest BCUT2D eigenvalue weighted by Crippen LogP contribution is 2.12. The maximum atomic E-state index is 12.2. The number of aryl methyl sites for hydroxylation is 2. The van der Waals surface area contributed by atoms with Crippen LogP contribution in [0.3, 0.4) is 0 Å². The van der Waals surface area contributed by atoms with Crippen molar-refractivity contribution in [1.29, 1.82) is 0 Å². The van der Waals surface area contributed by atoms with Crippen molar-refractivity contribution in [2.24, 2.45) is 29.8 Å². The molecule has 1 atom stereocenters. The van der Waals surface area contributed by atoms with E-state index >= 15 is 0 Å². The number of aromatic nitrogens is 2. The van der Waals surface area contributed by atoms with E-state index in [2.05, 4.69) is 15.6 Å². The fourth-order valence-electron chi connectivity index (χ4n) is 2.16. The highest BCUT2D eigenvalue weighted by Gasteiger charge is 2.26.